The van der Waals surface area contributed by atoms with E-state index in [1.54, 1.807) is 30.1 Å². The van der Waals surface area contributed by atoms with E-state index in [2.05, 4.69) is 20.7 Å². The maximum absolute atomic E-state index is 13.3. The molecule has 3 rings (SSSR count). The van der Waals surface area contributed by atoms with Gasteiger partial charge in [0.25, 0.3) is 5.91 Å². The highest BCUT2D eigenvalue weighted by atomic mass is 35.5. The Balaban J connectivity index is 1.63. The fraction of sp³-hybridized carbons (Fsp3) is 0.250. The second-order valence-corrected chi connectivity index (χ2v) is 8.52. The molecule has 3 aromatic rings. The predicted molar refractivity (Wildman–Crippen MR) is 116 cm³/mol. The summed E-state index contributed by atoms with van der Waals surface area (Å²) < 4.78 is 13.3. The Morgan fingerprint density at radius 2 is 1.77 bits per heavy atom. The summed E-state index contributed by atoms with van der Waals surface area (Å²) >= 11 is 12.5. The maximum atomic E-state index is 13.3. The van der Waals surface area contributed by atoms with Crippen molar-refractivity contribution in [1.82, 2.24) is 20.7 Å². The van der Waals surface area contributed by atoms with Crippen molar-refractivity contribution in [2.75, 3.05) is 6.67 Å². The van der Waals surface area contributed by atoms with Crippen LogP contribution in [0.15, 0.2) is 59.8 Å². The third-order valence-electron chi connectivity index (χ3n) is 4.39. The minimum absolute atomic E-state index is 0.475. The molecular formula is C20H19Cl2FN4O2S. The highest BCUT2D eigenvalue weighted by Gasteiger charge is 2.25. The lowest BCUT2D eigenvalue weighted by Crippen LogP contribution is -2.43. The number of aromatic nitrogens is 3. The number of rotatable bonds is 9. The van der Waals surface area contributed by atoms with Crippen molar-refractivity contribution in [3.63, 3.8) is 0 Å². The van der Waals surface area contributed by atoms with E-state index in [9.17, 15) is 14.3 Å². The summed E-state index contributed by atoms with van der Waals surface area (Å²) in [5, 5.41) is 23.9. The van der Waals surface area contributed by atoms with Crippen LogP contribution in [0.5, 0.6) is 0 Å². The summed E-state index contributed by atoms with van der Waals surface area (Å²) in [6.45, 7) is -0.955. The first-order valence-corrected chi connectivity index (χ1v) is 10.8. The lowest BCUT2D eigenvalue weighted by atomic mass is 9.98. The molecule has 2 aromatic carbocycles. The van der Waals surface area contributed by atoms with E-state index in [-0.39, 0.29) is 0 Å². The first-order valence-electron chi connectivity index (χ1n) is 8.98. The van der Waals surface area contributed by atoms with Gasteiger partial charge in [-0.3, -0.25) is 4.79 Å². The molecule has 1 amide bonds. The number of amides is 1. The monoisotopic (exact) mass is 468 g/mol. The molecule has 0 aliphatic rings. The smallest absolute Gasteiger partial charge is 0.253 e. The van der Waals surface area contributed by atoms with Gasteiger partial charge >= 0.3 is 0 Å². The minimum Gasteiger partial charge on any atom is -0.386 e. The van der Waals surface area contributed by atoms with Gasteiger partial charge in [0.15, 0.2) is 4.84 Å². The Labute approximate surface area is 187 Å². The Morgan fingerprint density at radius 1 is 1.13 bits per heavy atom. The van der Waals surface area contributed by atoms with Crippen LogP contribution in [0.3, 0.4) is 0 Å². The van der Waals surface area contributed by atoms with Crippen LogP contribution < -0.4 is 5.32 Å². The van der Waals surface area contributed by atoms with Gasteiger partial charge in [0, 0.05) is 5.75 Å². The van der Waals surface area contributed by atoms with Gasteiger partial charge in [-0.1, -0.05) is 83.5 Å². The average molecular weight is 469 g/mol. The van der Waals surface area contributed by atoms with E-state index in [4.69, 9.17) is 23.2 Å². The van der Waals surface area contributed by atoms with Crippen molar-refractivity contribution in [1.29, 1.82) is 0 Å². The van der Waals surface area contributed by atoms with Gasteiger partial charge in [-0.15, -0.1) is 5.10 Å². The molecule has 30 heavy (non-hydrogen) atoms. The maximum Gasteiger partial charge on any atom is 0.253 e. The van der Waals surface area contributed by atoms with Crippen molar-refractivity contribution in [3.05, 3.63) is 65.9 Å². The molecule has 0 aliphatic heterocycles. The number of carbonyl (C=O) groups excluding carboxylic acids is 1. The SMILES string of the molecule is O=C(NC(CF)C(O)c1ccc(-c2ccc(CSc3cn[nH]n3)cc2)cc1)C(Cl)Cl. The number of hydrogen-bond donors (Lipinski definition) is 3. The molecule has 0 radical (unpaired) electrons. The molecule has 10 heteroatoms. The van der Waals surface area contributed by atoms with Crippen LogP contribution in [-0.4, -0.2) is 44.0 Å². The molecule has 0 saturated heterocycles. The van der Waals surface area contributed by atoms with Crippen LogP contribution in [0.2, 0.25) is 0 Å². The van der Waals surface area contributed by atoms with Crippen LogP contribution >= 0.6 is 35.0 Å². The van der Waals surface area contributed by atoms with Gasteiger partial charge in [-0.25, -0.2) is 4.39 Å². The van der Waals surface area contributed by atoms with Crippen LogP contribution in [0.25, 0.3) is 11.1 Å². The average Bonchev–Trinajstić information content (AvgIpc) is 3.29. The number of benzene rings is 2. The highest BCUT2D eigenvalue weighted by molar-refractivity contribution is 7.98. The summed E-state index contributed by atoms with van der Waals surface area (Å²) in [5.74, 6) is 0.0261. The molecule has 3 N–H and O–H groups in total. The topological polar surface area (TPSA) is 90.9 Å². The molecule has 0 bridgehead atoms. The van der Waals surface area contributed by atoms with Crippen molar-refractivity contribution in [2.24, 2.45) is 0 Å². The number of hydrogen-bond acceptors (Lipinski definition) is 5. The Hall–Kier alpha value is -2.13. The van der Waals surface area contributed by atoms with Gasteiger partial charge in [0.1, 0.15) is 17.8 Å². The number of aromatic amines is 1. The second kappa shape index (κ2) is 10.8. The number of halogens is 3. The second-order valence-electron chi connectivity index (χ2n) is 6.43. The van der Waals surface area contributed by atoms with E-state index in [1.807, 2.05) is 36.4 Å². The van der Waals surface area contributed by atoms with Gasteiger partial charge < -0.3 is 10.4 Å². The number of alkyl halides is 3. The number of aliphatic hydroxyl groups is 1. The van der Waals surface area contributed by atoms with Crippen LogP contribution in [0.4, 0.5) is 4.39 Å². The summed E-state index contributed by atoms with van der Waals surface area (Å²) in [4.78, 5) is 10.2. The fourth-order valence-electron chi connectivity index (χ4n) is 2.76. The van der Waals surface area contributed by atoms with E-state index in [0.717, 1.165) is 27.5 Å². The van der Waals surface area contributed by atoms with E-state index >= 15 is 0 Å². The number of thioether (sulfide) groups is 1. The van der Waals surface area contributed by atoms with Crippen molar-refractivity contribution in [2.45, 2.75) is 27.8 Å². The van der Waals surface area contributed by atoms with E-state index < -0.39 is 29.6 Å². The fourth-order valence-corrected chi connectivity index (χ4v) is 3.63. The summed E-state index contributed by atoms with van der Waals surface area (Å²) in [6.07, 6.45) is 0.452. The summed E-state index contributed by atoms with van der Waals surface area (Å²) in [5.41, 5.74) is 3.58. The first-order chi connectivity index (χ1) is 14.5. The third kappa shape index (κ3) is 5.95. The Kier molecular flexibility index (Phi) is 8.09. The summed E-state index contributed by atoms with van der Waals surface area (Å²) in [6, 6.07) is 14.0. The molecule has 158 valence electrons. The molecule has 0 spiro atoms. The quantitative estimate of drug-likeness (QED) is 0.325. The largest absolute Gasteiger partial charge is 0.386 e. The molecule has 1 aromatic heterocycles. The van der Waals surface area contributed by atoms with Crippen LogP contribution in [0.1, 0.15) is 17.2 Å². The lowest BCUT2D eigenvalue weighted by Gasteiger charge is -2.22. The van der Waals surface area contributed by atoms with Gasteiger partial charge in [-0.05, 0) is 22.3 Å². The zero-order valence-electron chi connectivity index (χ0n) is 15.6. The third-order valence-corrected chi connectivity index (χ3v) is 5.76. The van der Waals surface area contributed by atoms with Crippen molar-refractivity contribution in [3.8, 4) is 11.1 Å². The van der Waals surface area contributed by atoms with Crippen molar-refractivity contribution < 1.29 is 14.3 Å². The number of nitrogens with zero attached hydrogens (tertiary/aromatic N) is 2. The zero-order valence-corrected chi connectivity index (χ0v) is 18.0. The summed E-state index contributed by atoms with van der Waals surface area (Å²) in [7, 11) is 0. The number of nitrogens with one attached hydrogen (secondary N) is 2. The Bertz CT molecular complexity index is 940. The van der Waals surface area contributed by atoms with Crippen LogP contribution in [-0.2, 0) is 10.5 Å². The molecule has 0 fully saturated rings. The zero-order chi connectivity index (χ0) is 21.5. The molecular weight excluding hydrogens is 450 g/mol. The number of aliphatic hydroxyl groups excluding tert-OH is 1. The molecule has 0 aliphatic carbocycles. The van der Waals surface area contributed by atoms with Gasteiger partial charge in [0.05, 0.1) is 12.2 Å². The Morgan fingerprint density at radius 3 is 2.30 bits per heavy atom. The van der Waals surface area contributed by atoms with Crippen molar-refractivity contribution >= 4 is 40.9 Å². The standard InChI is InChI=1S/C20H19Cl2FN4O2S/c21-19(22)20(29)25-16(9-23)18(28)15-7-5-14(6-8-15)13-3-1-12(2-4-13)11-30-17-10-24-27-26-17/h1-8,10,16,18-19,28H,9,11H2,(H,25,29)(H,24,26,27). The van der Waals surface area contributed by atoms with E-state index in [1.165, 1.54) is 0 Å². The number of carbonyl (C=O) groups is 1. The first kappa shape index (κ1) is 22.6. The predicted octanol–water partition coefficient (Wildman–Crippen LogP) is 4.06. The molecule has 2 unspecified atom stereocenters. The molecule has 2 atom stereocenters. The van der Waals surface area contributed by atoms with E-state index in [0.29, 0.717) is 5.56 Å². The minimum atomic E-state index is -1.33. The molecule has 6 nitrogen and oxygen atoms in total. The lowest BCUT2D eigenvalue weighted by molar-refractivity contribution is -0.121. The number of H-pyrrole nitrogens is 1. The molecule has 0 saturated carbocycles. The van der Waals surface area contributed by atoms with Gasteiger partial charge in [0.2, 0.25) is 0 Å². The van der Waals surface area contributed by atoms with Gasteiger partial charge in [-0.2, -0.15) is 10.3 Å². The molecule has 1 heterocycles. The normalized spacial score (nSPS) is 13.2. The van der Waals surface area contributed by atoms with Crippen LogP contribution in [0, 0.1) is 0 Å². The highest BCUT2D eigenvalue weighted by Crippen LogP contribution is 2.26.